The number of thiazole rings is 1. The minimum Gasteiger partial charge on any atom is -0.451 e. The molecule has 1 aliphatic rings. The molecule has 34 heavy (non-hydrogen) atoms. The van der Waals surface area contributed by atoms with Gasteiger partial charge in [0.2, 0.25) is 0 Å². The maximum atomic E-state index is 13.9. The van der Waals surface area contributed by atoms with Crippen LogP contribution in [-0.4, -0.2) is 34.8 Å². The summed E-state index contributed by atoms with van der Waals surface area (Å²) in [6.45, 7) is 1.24. The molecule has 0 unspecified atom stereocenters. The molecule has 0 spiro atoms. The number of piperidine rings is 1. The van der Waals surface area contributed by atoms with Crippen LogP contribution in [0.1, 0.15) is 50.4 Å². The summed E-state index contributed by atoms with van der Waals surface area (Å²) in [5, 5.41) is 6.51. The second kappa shape index (κ2) is 9.56. The van der Waals surface area contributed by atoms with Gasteiger partial charge < -0.3 is 14.6 Å². The summed E-state index contributed by atoms with van der Waals surface area (Å²) in [6.07, 6.45) is 1.52. The van der Waals surface area contributed by atoms with Crippen molar-refractivity contribution < 1.29 is 18.4 Å². The van der Waals surface area contributed by atoms with Gasteiger partial charge in [-0.15, -0.1) is 11.3 Å². The lowest BCUT2D eigenvalue weighted by Gasteiger charge is -2.30. The summed E-state index contributed by atoms with van der Waals surface area (Å²) in [7, 11) is 0. The van der Waals surface area contributed by atoms with Gasteiger partial charge >= 0.3 is 0 Å². The predicted molar refractivity (Wildman–Crippen MR) is 129 cm³/mol. The molecule has 6 nitrogen and oxygen atoms in total. The van der Waals surface area contributed by atoms with Crippen molar-refractivity contribution in [3.05, 3.63) is 86.8 Å². The van der Waals surface area contributed by atoms with E-state index in [0.717, 1.165) is 23.2 Å². The summed E-state index contributed by atoms with van der Waals surface area (Å²) < 4.78 is 19.6. The summed E-state index contributed by atoms with van der Waals surface area (Å²) in [4.78, 5) is 31.7. The highest BCUT2D eigenvalue weighted by atomic mass is 35.5. The fourth-order valence-corrected chi connectivity index (χ4v) is 5.21. The zero-order chi connectivity index (χ0) is 23.7. The van der Waals surface area contributed by atoms with Crippen molar-refractivity contribution in [2.45, 2.75) is 25.3 Å². The Balaban J connectivity index is 1.17. The molecule has 1 N–H and O–H groups in total. The van der Waals surface area contributed by atoms with E-state index in [4.69, 9.17) is 16.0 Å². The number of furan rings is 1. The number of rotatable bonds is 5. The summed E-state index contributed by atoms with van der Waals surface area (Å²) >= 11 is 7.20. The van der Waals surface area contributed by atoms with Crippen LogP contribution in [0, 0.1) is 5.82 Å². The number of fused-ring (bicyclic) bond motifs is 1. The fraction of sp³-hybridized carbons (Fsp3) is 0.240. The van der Waals surface area contributed by atoms with E-state index >= 15 is 0 Å². The molecule has 0 bridgehead atoms. The maximum Gasteiger partial charge on any atom is 0.289 e. The zero-order valence-corrected chi connectivity index (χ0v) is 19.7. The molecule has 0 aliphatic carbocycles. The lowest BCUT2D eigenvalue weighted by Crippen LogP contribution is -2.37. The van der Waals surface area contributed by atoms with E-state index < -0.39 is 5.82 Å². The number of halogens is 2. The molecule has 5 rings (SSSR count). The highest BCUT2D eigenvalue weighted by molar-refractivity contribution is 7.09. The molecule has 2 aromatic heterocycles. The number of nitrogens with one attached hydrogen (secondary N) is 1. The van der Waals surface area contributed by atoms with Gasteiger partial charge in [-0.25, -0.2) is 9.37 Å². The van der Waals surface area contributed by atoms with Crippen molar-refractivity contribution in [3.63, 3.8) is 0 Å². The van der Waals surface area contributed by atoms with Gasteiger partial charge in [0.15, 0.2) is 5.76 Å². The molecule has 2 amide bonds. The van der Waals surface area contributed by atoms with Crippen molar-refractivity contribution >= 4 is 45.7 Å². The van der Waals surface area contributed by atoms with Crippen LogP contribution in [-0.2, 0) is 6.54 Å². The first kappa shape index (κ1) is 22.6. The van der Waals surface area contributed by atoms with Gasteiger partial charge in [0.25, 0.3) is 11.8 Å². The number of carbonyl (C=O) groups is 2. The molecule has 2 aromatic carbocycles. The van der Waals surface area contributed by atoms with Gasteiger partial charge in [-0.1, -0.05) is 35.9 Å². The fourth-order valence-electron chi connectivity index (χ4n) is 4.08. The average Bonchev–Trinajstić information content (AvgIpc) is 3.51. The van der Waals surface area contributed by atoms with Crippen molar-refractivity contribution in [2.75, 3.05) is 13.1 Å². The largest absolute Gasteiger partial charge is 0.451 e. The predicted octanol–water partition coefficient (Wildman–Crippen LogP) is 5.63. The third-order valence-electron chi connectivity index (χ3n) is 5.98. The van der Waals surface area contributed by atoms with E-state index in [0.29, 0.717) is 40.7 Å². The van der Waals surface area contributed by atoms with Crippen molar-refractivity contribution in [2.24, 2.45) is 0 Å². The minimum atomic E-state index is -0.462. The van der Waals surface area contributed by atoms with E-state index in [1.165, 1.54) is 17.4 Å². The van der Waals surface area contributed by atoms with Gasteiger partial charge in [-0.3, -0.25) is 9.59 Å². The minimum absolute atomic E-state index is 0.0526. The average molecular weight is 498 g/mol. The van der Waals surface area contributed by atoms with E-state index in [1.807, 2.05) is 24.3 Å². The molecule has 174 valence electrons. The van der Waals surface area contributed by atoms with E-state index in [-0.39, 0.29) is 24.3 Å². The van der Waals surface area contributed by atoms with Gasteiger partial charge in [0, 0.05) is 46.9 Å². The number of hydrogen-bond donors (Lipinski definition) is 1. The number of aromatic nitrogens is 1. The SMILES string of the molecule is O=C(NCc1ccc(Cl)cc1F)c1csc(C2CCN(C(=O)c3cc4ccccc4o3)CC2)n1. The van der Waals surface area contributed by atoms with Crippen LogP contribution in [0.4, 0.5) is 4.39 Å². The quantitative estimate of drug-likeness (QED) is 0.387. The number of amides is 2. The van der Waals surface area contributed by atoms with Crippen LogP contribution in [0.15, 0.2) is 58.3 Å². The number of benzene rings is 2. The molecule has 9 heteroatoms. The first-order chi connectivity index (χ1) is 16.5. The lowest BCUT2D eigenvalue weighted by molar-refractivity contribution is 0.0683. The molecular formula is C25H21ClFN3O3S. The van der Waals surface area contributed by atoms with Gasteiger partial charge in [0.1, 0.15) is 17.1 Å². The number of carbonyl (C=O) groups excluding carboxylic acids is 2. The molecule has 1 fully saturated rings. The third-order valence-corrected chi connectivity index (χ3v) is 7.22. The molecule has 1 aliphatic heterocycles. The molecule has 0 radical (unpaired) electrons. The maximum absolute atomic E-state index is 13.9. The van der Waals surface area contributed by atoms with Crippen LogP contribution in [0.3, 0.4) is 0 Å². The van der Waals surface area contributed by atoms with Crippen LogP contribution >= 0.6 is 22.9 Å². The molecular weight excluding hydrogens is 477 g/mol. The van der Waals surface area contributed by atoms with E-state index in [9.17, 15) is 14.0 Å². The highest BCUT2D eigenvalue weighted by Crippen LogP contribution is 2.31. The van der Waals surface area contributed by atoms with Crippen LogP contribution in [0.5, 0.6) is 0 Å². The Morgan fingerprint density at radius 3 is 2.74 bits per heavy atom. The van der Waals surface area contributed by atoms with E-state index in [1.54, 1.807) is 28.5 Å². The van der Waals surface area contributed by atoms with Gasteiger partial charge in [0.05, 0.1) is 5.01 Å². The van der Waals surface area contributed by atoms with Crippen molar-refractivity contribution in [3.8, 4) is 0 Å². The topological polar surface area (TPSA) is 75.4 Å². The van der Waals surface area contributed by atoms with Crippen molar-refractivity contribution in [1.29, 1.82) is 0 Å². The Bertz CT molecular complexity index is 1330. The Labute approximate surface area is 204 Å². The number of likely N-dealkylation sites (tertiary alicyclic amines) is 1. The number of nitrogens with zero attached hydrogens (tertiary/aromatic N) is 2. The van der Waals surface area contributed by atoms with Crippen LogP contribution in [0.25, 0.3) is 11.0 Å². The van der Waals surface area contributed by atoms with Crippen LogP contribution < -0.4 is 5.32 Å². The summed E-state index contributed by atoms with van der Waals surface area (Å²) in [5.41, 5.74) is 1.37. The number of hydrogen-bond acceptors (Lipinski definition) is 5. The molecule has 3 heterocycles. The Hall–Kier alpha value is -3.23. The molecule has 1 saturated heterocycles. The summed E-state index contributed by atoms with van der Waals surface area (Å²) in [6, 6.07) is 13.7. The third kappa shape index (κ3) is 4.69. The Kier molecular flexibility index (Phi) is 6.34. The Morgan fingerprint density at radius 2 is 1.97 bits per heavy atom. The normalized spacial score (nSPS) is 14.5. The standard InChI is InChI=1S/C25H21ClFN3O3S/c26-18-6-5-17(19(27)12-18)13-28-23(31)20-14-34-24(29-20)15-7-9-30(10-8-15)25(32)22-11-16-3-1-2-4-21(16)33-22/h1-6,11-12,14-15H,7-10,13H2,(H,28,31). The monoisotopic (exact) mass is 497 g/mol. The second-order valence-electron chi connectivity index (χ2n) is 8.20. The Morgan fingerprint density at radius 1 is 1.18 bits per heavy atom. The van der Waals surface area contributed by atoms with Crippen LogP contribution in [0.2, 0.25) is 5.02 Å². The molecule has 0 atom stereocenters. The van der Waals surface area contributed by atoms with Crippen molar-refractivity contribution in [1.82, 2.24) is 15.2 Å². The molecule has 0 saturated carbocycles. The molecule has 4 aromatic rings. The number of para-hydroxylation sites is 1. The van der Waals surface area contributed by atoms with Gasteiger partial charge in [-0.2, -0.15) is 0 Å². The van der Waals surface area contributed by atoms with Gasteiger partial charge in [-0.05, 0) is 37.1 Å². The zero-order valence-electron chi connectivity index (χ0n) is 18.1. The smallest absolute Gasteiger partial charge is 0.289 e. The lowest BCUT2D eigenvalue weighted by atomic mass is 9.97. The first-order valence-corrected chi connectivity index (χ1v) is 12.2. The summed E-state index contributed by atoms with van der Waals surface area (Å²) in [5.74, 6) is -0.390. The van der Waals surface area contributed by atoms with E-state index in [2.05, 4.69) is 10.3 Å². The highest BCUT2D eigenvalue weighted by Gasteiger charge is 2.28. The first-order valence-electron chi connectivity index (χ1n) is 10.9. The second-order valence-corrected chi connectivity index (χ2v) is 9.53.